The van der Waals surface area contributed by atoms with Gasteiger partial charge in [-0.2, -0.15) is 0 Å². The third-order valence-corrected chi connectivity index (χ3v) is 8.84. The van der Waals surface area contributed by atoms with E-state index in [9.17, 15) is 18.0 Å². The molecule has 12 heteroatoms. The van der Waals surface area contributed by atoms with Crippen molar-refractivity contribution in [1.82, 2.24) is 0 Å². The summed E-state index contributed by atoms with van der Waals surface area (Å²) < 4.78 is 38.2. The molecule has 0 saturated carbocycles. The Hall–Kier alpha value is -3.62. The van der Waals surface area contributed by atoms with Crippen LogP contribution in [0.4, 0.5) is 5.69 Å². The lowest BCUT2D eigenvalue weighted by Crippen LogP contribution is -2.22. The smallest absolute Gasteiger partial charge is 0.341 e. The zero-order chi connectivity index (χ0) is 30.0. The standard InChI is InChI=1S/C21H21NO5S2.C8H7IO3/c1-14(2)29(25,26)22-19-11-12-28-21(19)17-5-3-15(4-6-17)16-7-9-18(10-8-16)27-13-20(23)24;9-6-1-3-7(4-2-6)12-5-8(10)11/h3-12,14,22H,13H2,1-2H3,(H,23,24);1-4H,5H2,(H,10,11). The van der Waals surface area contributed by atoms with Crippen molar-refractivity contribution in [1.29, 1.82) is 0 Å². The van der Waals surface area contributed by atoms with Gasteiger partial charge in [-0.3, -0.25) is 4.72 Å². The minimum absolute atomic E-state index is 0.291. The van der Waals surface area contributed by atoms with Crippen molar-refractivity contribution in [3.63, 3.8) is 0 Å². The number of hydrogen-bond acceptors (Lipinski definition) is 7. The van der Waals surface area contributed by atoms with Gasteiger partial charge in [-0.15, -0.1) is 11.3 Å². The van der Waals surface area contributed by atoms with Crippen LogP contribution in [0.25, 0.3) is 21.6 Å². The molecule has 41 heavy (non-hydrogen) atoms. The highest BCUT2D eigenvalue weighted by atomic mass is 127. The van der Waals surface area contributed by atoms with E-state index in [0.717, 1.165) is 25.1 Å². The first-order chi connectivity index (χ1) is 19.4. The largest absolute Gasteiger partial charge is 0.482 e. The number of sulfonamides is 1. The van der Waals surface area contributed by atoms with Crippen molar-refractivity contribution >= 4 is 61.6 Å². The Morgan fingerprint density at radius 1 is 0.780 bits per heavy atom. The first-order valence-corrected chi connectivity index (χ1v) is 15.7. The summed E-state index contributed by atoms with van der Waals surface area (Å²) in [7, 11) is -3.41. The molecule has 216 valence electrons. The Balaban J connectivity index is 0.000000322. The Morgan fingerprint density at radius 2 is 1.22 bits per heavy atom. The Morgan fingerprint density at radius 3 is 1.68 bits per heavy atom. The predicted molar refractivity (Wildman–Crippen MR) is 168 cm³/mol. The molecule has 0 bridgehead atoms. The summed E-state index contributed by atoms with van der Waals surface area (Å²) in [5.41, 5.74) is 3.45. The number of anilines is 1. The summed E-state index contributed by atoms with van der Waals surface area (Å²) in [6, 6.07) is 24.0. The van der Waals surface area contributed by atoms with Crippen LogP contribution in [0.1, 0.15) is 13.8 Å². The van der Waals surface area contributed by atoms with Gasteiger partial charge in [0, 0.05) is 3.57 Å². The molecule has 9 nitrogen and oxygen atoms in total. The molecule has 0 radical (unpaired) electrons. The fraction of sp³-hybridized carbons (Fsp3) is 0.172. The third-order valence-electron chi connectivity index (χ3n) is 5.41. The molecule has 4 aromatic rings. The highest BCUT2D eigenvalue weighted by molar-refractivity contribution is 14.1. The second kappa shape index (κ2) is 14.8. The molecule has 0 aliphatic heterocycles. The average molecular weight is 710 g/mol. The van der Waals surface area contributed by atoms with Crippen molar-refractivity contribution in [2.24, 2.45) is 0 Å². The van der Waals surface area contributed by atoms with Crippen LogP contribution in [0.5, 0.6) is 11.5 Å². The number of aliphatic carboxylic acids is 2. The molecule has 0 aliphatic carbocycles. The van der Waals surface area contributed by atoms with E-state index >= 15 is 0 Å². The SMILES string of the molecule is CC(C)S(=O)(=O)Nc1ccsc1-c1ccc(-c2ccc(OCC(=O)O)cc2)cc1.O=C(O)COc1ccc(I)cc1. The molecule has 0 atom stereocenters. The molecule has 3 N–H and O–H groups in total. The molecule has 3 aromatic carbocycles. The number of rotatable bonds is 11. The average Bonchev–Trinajstić information content (AvgIpc) is 3.39. The molecule has 1 heterocycles. The van der Waals surface area contributed by atoms with Crippen molar-refractivity contribution in [2.75, 3.05) is 17.9 Å². The number of halogens is 1. The summed E-state index contributed by atoms with van der Waals surface area (Å²) in [6.07, 6.45) is 0. The summed E-state index contributed by atoms with van der Waals surface area (Å²) in [4.78, 5) is 21.5. The molecular weight excluding hydrogens is 681 g/mol. The quantitative estimate of drug-likeness (QED) is 0.151. The fourth-order valence-corrected chi connectivity index (χ4v) is 5.26. The van der Waals surface area contributed by atoms with Gasteiger partial charge in [-0.1, -0.05) is 36.4 Å². The van der Waals surface area contributed by atoms with Gasteiger partial charge in [-0.25, -0.2) is 18.0 Å². The summed E-state index contributed by atoms with van der Waals surface area (Å²) in [5, 5.41) is 18.3. The van der Waals surface area contributed by atoms with Crippen LogP contribution in [0.2, 0.25) is 0 Å². The van der Waals surface area contributed by atoms with Gasteiger partial charge in [0.25, 0.3) is 0 Å². The van der Waals surface area contributed by atoms with Crippen LogP contribution in [0.3, 0.4) is 0 Å². The summed E-state index contributed by atoms with van der Waals surface area (Å²) >= 11 is 3.64. The van der Waals surface area contributed by atoms with Gasteiger partial charge in [0.15, 0.2) is 13.2 Å². The van der Waals surface area contributed by atoms with Gasteiger partial charge in [0.2, 0.25) is 10.0 Å². The van der Waals surface area contributed by atoms with E-state index in [1.54, 1.807) is 44.2 Å². The number of carboxylic acid groups (broad SMARTS) is 2. The number of carbonyl (C=O) groups is 2. The number of thiophene rings is 1. The van der Waals surface area contributed by atoms with Crippen molar-refractivity contribution < 1.29 is 37.7 Å². The van der Waals surface area contributed by atoms with E-state index in [1.165, 1.54) is 11.3 Å². The van der Waals surface area contributed by atoms with Gasteiger partial charge in [0.05, 0.1) is 15.8 Å². The molecule has 0 amide bonds. The van der Waals surface area contributed by atoms with Gasteiger partial charge in [-0.05, 0) is 101 Å². The molecule has 0 spiro atoms. The number of ether oxygens (including phenoxy) is 2. The van der Waals surface area contributed by atoms with Crippen LogP contribution < -0.4 is 14.2 Å². The molecule has 0 aliphatic rings. The monoisotopic (exact) mass is 709 g/mol. The van der Waals surface area contributed by atoms with Gasteiger partial charge in [0.1, 0.15) is 11.5 Å². The number of carboxylic acids is 2. The van der Waals surface area contributed by atoms with Gasteiger partial charge >= 0.3 is 11.9 Å². The van der Waals surface area contributed by atoms with E-state index in [1.807, 2.05) is 53.9 Å². The molecule has 0 unspecified atom stereocenters. The Labute approximate surface area is 256 Å². The van der Waals surface area contributed by atoms with E-state index in [2.05, 4.69) is 27.3 Å². The topological polar surface area (TPSA) is 139 Å². The van der Waals surface area contributed by atoms with Gasteiger partial charge < -0.3 is 19.7 Å². The van der Waals surface area contributed by atoms with E-state index < -0.39 is 27.2 Å². The van der Waals surface area contributed by atoms with Crippen molar-refractivity contribution in [2.45, 2.75) is 19.1 Å². The maximum atomic E-state index is 12.2. The number of nitrogens with one attached hydrogen (secondary N) is 1. The molecular formula is C29H28INO8S2. The van der Waals surface area contributed by atoms with E-state index in [4.69, 9.17) is 19.7 Å². The number of benzene rings is 3. The molecule has 1 aromatic heterocycles. The molecule has 0 fully saturated rings. The Bertz CT molecular complexity index is 1550. The minimum atomic E-state index is -3.41. The summed E-state index contributed by atoms with van der Waals surface area (Å²) in [6.45, 7) is 2.61. The van der Waals surface area contributed by atoms with Crippen LogP contribution in [0.15, 0.2) is 84.2 Å². The number of hydrogen-bond donors (Lipinski definition) is 3. The van der Waals surface area contributed by atoms with Crippen molar-refractivity contribution in [3.05, 3.63) is 87.8 Å². The third kappa shape index (κ3) is 10.1. The minimum Gasteiger partial charge on any atom is -0.482 e. The molecule has 4 rings (SSSR count). The van der Waals surface area contributed by atoms with Crippen LogP contribution in [-0.4, -0.2) is 49.0 Å². The van der Waals surface area contributed by atoms with Crippen molar-refractivity contribution in [3.8, 4) is 33.1 Å². The lowest BCUT2D eigenvalue weighted by molar-refractivity contribution is -0.140. The Kier molecular flexibility index (Phi) is 11.6. The zero-order valence-corrected chi connectivity index (χ0v) is 25.9. The fourth-order valence-electron chi connectivity index (χ4n) is 3.26. The second-order valence-electron chi connectivity index (χ2n) is 8.78. The van der Waals surface area contributed by atoms with E-state index in [0.29, 0.717) is 17.2 Å². The van der Waals surface area contributed by atoms with Crippen LogP contribution in [-0.2, 0) is 19.6 Å². The normalized spacial score (nSPS) is 10.8. The first kappa shape index (κ1) is 31.9. The zero-order valence-electron chi connectivity index (χ0n) is 22.1. The van der Waals surface area contributed by atoms with Crippen LogP contribution in [0, 0.1) is 3.57 Å². The first-order valence-electron chi connectivity index (χ1n) is 12.2. The second-order valence-corrected chi connectivity index (χ2v) is 13.2. The summed E-state index contributed by atoms with van der Waals surface area (Å²) in [5.74, 6) is -0.909. The molecule has 0 saturated heterocycles. The van der Waals surface area contributed by atoms with E-state index in [-0.39, 0.29) is 13.2 Å². The highest BCUT2D eigenvalue weighted by Gasteiger charge is 2.18. The lowest BCUT2D eigenvalue weighted by Gasteiger charge is -2.12. The highest BCUT2D eigenvalue weighted by Crippen LogP contribution is 2.36. The maximum absolute atomic E-state index is 12.2. The van der Waals surface area contributed by atoms with Crippen LogP contribution >= 0.6 is 33.9 Å². The lowest BCUT2D eigenvalue weighted by atomic mass is 10.0. The predicted octanol–water partition coefficient (Wildman–Crippen LogP) is 6.45. The maximum Gasteiger partial charge on any atom is 0.341 e.